The zero-order valence-electron chi connectivity index (χ0n) is 12.4. The van der Waals surface area contributed by atoms with Crippen molar-refractivity contribution in [3.8, 4) is 0 Å². The molecule has 112 valence electrons. The largest absolute Gasteiger partial charge is 0.350 e. The van der Waals surface area contributed by atoms with Crippen LogP contribution in [0.1, 0.15) is 38.2 Å². The molecular weight excluding hydrogens is 282 g/mol. The van der Waals surface area contributed by atoms with Crippen LogP contribution >= 0.6 is 11.6 Å². The van der Waals surface area contributed by atoms with Crippen LogP contribution in [0, 0.1) is 17.8 Å². The van der Waals surface area contributed by atoms with E-state index in [-0.39, 0.29) is 11.9 Å². The highest BCUT2D eigenvalue weighted by molar-refractivity contribution is 6.30. The third kappa shape index (κ3) is 3.49. The standard InChI is InChI=1S/C18H22ClNO/c1-12(17-11-14-5-7-15(17)9-14)20-18(21)8-6-13-3-2-4-16(19)10-13/h2-4,6,8,10,12,14-15,17H,5,7,9,11H2,1H3,(H,20,21)/b8-6+. The molecule has 4 atom stereocenters. The number of hydrogen-bond donors (Lipinski definition) is 1. The molecule has 2 saturated carbocycles. The van der Waals surface area contributed by atoms with Crippen LogP contribution in [0.2, 0.25) is 5.02 Å². The molecule has 1 N–H and O–H groups in total. The fourth-order valence-electron chi connectivity index (χ4n) is 4.07. The fourth-order valence-corrected chi connectivity index (χ4v) is 4.27. The summed E-state index contributed by atoms with van der Waals surface area (Å²) in [7, 11) is 0. The zero-order chi connectivity index (χ0) is 14.8. The predicted molar refractivity (Wildman–Crippen MR) is 87.0 cm³/mol. The lowest BCUT2D eigenvalue weighted by molar-refractivity contribution is -0.117. The molecule has 21 heavy (non-hydrogen) atoms. The van der Waals surface area contributed by atoms with Gasteiger partial charge in [-0.1, -0.05) is 30.2 Å². The Labute approximate surface area is 131 Å². The first kappa shape index (κ1) is 14.6. The molecular formula is C18H22ClNO. The van der Waals surface area contributed by atoms with E-state index >= 15 is 0 Å². The Morgan fingerprint density at radius 1 is 1.38 bits per heavy atom. The van der Waals surface area contributed by atoms with Crippen LogP contribution in [0.5, 0.6) is 0 Å². The van der Waals surface area contributed by atoms with Crippen LogP contribution in [0.3, 0.4) is 0 Å². The number of benzene rings is 1. The summed E-state index contributed by atoms with van der Waals surface area (Å²) in [6.45, 7) is 2.15. The normalized spacial score (nSPS) is 29.0. The number of hydrogen-bond acceptors (Lipinski definition) is 1. The van der Waals surface area contributed by atoms with Crippen molar-refractivity contribution in [2.45, 2.75) is 38.6 Å². The van der Waals surface area contributed by atoms with Gasteiger partial charge in [0.15, 0.2) is 0 Å². The average molecular weight is 304 g/mol. The van der Waals surface area contributed by atoms with Crippen molar-refractivity contribution in [3.05, 3.63) is 40.9 Å². The second-order valence-corrected chi connectivity index (χ2v) is 6.96. The summed E-state index contributed by atoms with van der Waals surface area (Å²) >= 11 is 5.93. The maximum atomic E-state index is 12.0. The van der Waals surface area contributed by atoms with Crippen molar-refractivity contribution in [3.63, 3.8) is 0 Å². The molecule has 3 rings (SSSR count). The average Bonchev–Trinajstić information content (AvgIpc) is 3.08. The molecule has 1 aromatic carbocycles. The van der Waals surface area contributed by atoms with Gasteiger partial charge in [-0.25, -0.2) is 0 Å². The molecule has 2 nitrogen and oxygen atoms in total. The quantitative estimate of drug-likeness (QED) is 0.826. The van der Waals surface area contributed by atoms with Gasteiger partial charge in [0, 0.05) is 17.1 Å². The molecule has 3 heteroatoms. The van der Waals surface area contributed by atoms with Crippen LogP contribution in [0.4, 0.5) is 0 Å². The molecule has 0 saturated heterocycles. The smallest absolute Gasteiger partial charge is 0.244 e. The van der Waals surface area contributed by atoms with E-state index in [0.29, 0.717) is 10.9 Å². The van der Waals surface area contributed by atoms with E-state index in [1.807, 2.05) is 30.3 Å². The highest BCUT2D eigenvalue weighted by Crippen LogP contribution is 2.49. The third-order valence-corrected chi connectivity index (χ3v) is 5.32. The van der Waals surface area contributed by atoms with Crippen LogP contribution in [0.15, 0.2) is 30.3 Å². The maximum absolute atomic E-state index is 12.0. The summed E-state index contributed by atoms with van der Waals surface area (Å²) in [5.74, 6) is 2.42. The molecule has 2 fully saturated rings. The van der Waals surface area contributed by atoms with Gasteiger partial charge in [-0.05, 0) is 67.7 Å². The highest BCUT2D eigenvalue weighted by atomic mass is 35.5. The van der Waals surface area contributed by atoms with Gasteiger partial charge >= 0.3 is 0 Å². The Balaban J connectivity index is 1.54. The van der Waals surface area contributed by atoms with E-state index in [2.05, 4.69) is 12.2 Å². The summed E-state index contributed by atoms with van der Waals surface area (Å²) in [5.41, 5.74) is 0.949. The molecule has 0 heterocycles. The van der Waals surface area contributed by atoms with Crippen molar-refractivity contribution >= 4 is 23.6 Å². The second kappa shape index (κ2) is 6.23. The SMILES string of the molecule is CC(NC(=O)/C=C/c1cccc(Cl)c1)C1CC2CCC1C2. The Kier molecular flexibility index (Phi) is 4.34. The van der Waals surface area contributed by atoms with E-state index < -0.39 is 0 Å². The van der Waals surface area contributed by atoms with E-state index in [9.17, 15) is 4.79 Å². The minimum atomic E-state index is -0.00903. The van der Waals surface area contributed by atoms with Crippen molar-refractivity contribution in [2.24, 2.45) is 17.8 Å². The molecule has 1 amide bonds. The van der Waals surface area contributed by atoms with Gasteiger partial charge in [-0.15, -0.1) is 0 Å². The van der Waals surface area contributed by atoms with Crippen LogP contribution in [0.25, 0.3) is 6.08 Å². The molecule has 2 aliphatic carbocycles. The molecule has 0 aromatic heterocycles. The molecule has 0 spiro atoms. The van der Waals surface area contributed by atoms with Gasteiger partial charge in [-0.2, -0.15) is 0 Å². The zero-order valence-corrected chi connectivity index (χ0v) is 13.1. The topological polar surface area (TPSA) is 29.1 Å². The molecule has 0 radical (unpaired) electrons. The van der Waals surface area contributed by atoms with Crippen molar-refractivity contribution in [2.75, 3.05) is 0 Å². The lowest BCUT2D eigenvalue weighted by Gasteiger charge is -2.28. The van der Waals surface area contributed by atoms with Gasteiger partial charge in [-0.3, -0.25) is 4.79 Å². The monoisotopic (exact) mass is 303 g/mol. The predicted octanol–water partition coefficient (Wildman–Crippen LogP) is 4.29. The van der Waals surface area contributed by atoms with Gasteiger partial charge in [0.1, 0.15) is 0 Å². The fraction of sp³-hybridized carbons (Fsp3) is 0.500. The molecule has 4 unspecified atom stereocenters. The van der Waals surface area contributed by atoms with Crippen LogP contribution in [-0.4, -0.2) is 11.9 Å². The number of halogens is 1. The first-order valence-corrected chi connectivity index (χ1v) is 8.24. The van der Waals surface area contributed by atoms with Gasteiger partial charge in [0.2, 0.25) is 5.91 Å². The van der Waals surface area contributed by atoms with Crippen molar-refractivity contribution in [1.82, 2.24) is 5.32 Å². The summed E-state index contributed by atoms with van der Waals surface area (Å²) < 4.78 is 0. The Morgan fingerprint density at radius 3 is 2.90 bits per heavy atom. The van der Waals surface area contributed by atoms with Crippen molar-refractivity contribution < 1.29 is 4.79 Å². The third-order valence-electron chi connectivity index (χ3n) is 5.08. The lowest BCUT2D eigenvalue weighted by Crippen LogP contribution is -2.39. The van der Waals surface area contributed by atoms with E-state index in [1.165, 1.54) is 25.7 Å². The first-order chi connectivity index (χ1) is 10.1. The highest BCUT2D eigenvalue weighted by Gasteiger charge is 2.41. The maximum Gasteiger partial charge on any atom is 0.244 e. The molecule has 2 bridgehead atoms. The van der Waals surface area contributed by atoms with Crippen molar-refractivity contribution in [1.29, 1.82) is 0 Å². The van der Waals surface area contributed by atoms with Crippen LogP contribution in [-0.2, 0) is 4.79 Å². The second-order valence-electron chi connectivity index (χ2n) is 6.52. The Bertz CT molecular complexity index is 554. The number of amides is 1. The molecule has 0 aliphatic heterocycles. The first-order valence-electron chi connectivity index (χ1n) is 7.86. The number of carbonyl (C=O) groups is 1. The van der Waals surface area contributed by atoms with E-state index in [4.69, 9.17) is 11.6 Å². The van der Waals surface area contributed by atoms with E-state index in [0.717, 1.165) is 17.4 Å². The summed E-state index contributed by atoms with van der Waals surface area (Å²) in [6, 6.07) is 7.78. The minimum absolute atomic E-state index is 0.00903. The number of fused-ring (bicyclic) bond motifs is 2. The van der Waals surface area contributed by atoms with Gasteiger partial charge in [0.05, 0.1) is 0 Å². The minimum Gasteiger partial charge on any atom is -0.350 e. The Hall–Kier alpha value is -1.28. The molecule has 1 aromatic rings. The van der Waals surface area contributed by atoms with Gasteiger partial charge in [0.25, 0.3) is 0 Å². The summed E-state index contributed by atoms with van der Waals surface area (Å²) in [5, 5.41) is 3.82. The lowest BCUT2D eigenvalue weighted by atomic mass is 9.84. The number of rotatable bonds is 4. The number of carbonyl (C=O) groups excluding carboxylic acids is 1. The summed E-state index contributed by atoms with van der Waals surface area (Å²) in [6.07, 6.45) is 8.85. The van der Waals surface area contributed by atoms with E-state index in [1.54, 1.807) is 6.08 Å². The summed E-state index contributed by atoms with van der Waals surface area (Å²) in [4.78, 5) is 12.0. The molecule has 2 aliphatic rings. The van der Waals surface area contributed by atoms with Crippen LogP contribution < -0.4 is 5.32 Å². The number of nitrogens with one attached hydrogen (secondary N) is 1. The Morgan fingerprint density at radius 2 is 2.24 bits per heavy atom. The van der Waals surface area contributed by atoms with Gasteiger partial charge < -0.3 is 5.32 Å².